The normalized spacial score (nSPS) is 7.86. The first-order valence-electron chi connectivity index (χ1n) is 12.8. The Morgan fingerprint density at radius 3 is 1.06 bits per heavy atom. The number of aromatic nitrogens is 2. The molecule has 0 aliphatic carbocycles. The average Bonchev–Trinajstić information content (AvgIpc) is 3.72. The molecule has 3 aromatic heterocycles. The molecule has 0 saturated heterocycles. The van der Waals surface area contributed by atoms with E-state index in [1.54, 1.807) is 30.4 Å². The van der Waals surface area contributed by atoms with Crippen LogP contribution in [0.3, 0.4) is 0 Å². The molecule has 0 atom stereocenters. The van der Waals surface area contributed by atoms with Crippen LogP contribution in [0.25, 0.3) is 45.8 Å². The van der Waals surface area contributed by atoms with Crippen molar-refractivity contribution < 1.29 is 8.83 Å². The van der Waals surface area contributed by atoms with Crippen LogP contribution in [0.4, 0.5) is 0 Å². The number of allylic oxidation sites excluding steroid dienone is 1. The van der Waals surface area contributed by atoms with Gasteiger partial charge in [0.25, 0.3) is 0 Å². The molecule has 5 heteroatoms. The lowest BCUT2D eigenvalue weighted by Crippen LogP contribution is -1.74. The summed E-state index contributed by atoms with van der Waals surface area (Å²) in [4.78, 5) is 10.5. The number of oxazole rings is 2. The van der Waals surface area contributed by atoms with Gasteiger partial charge in [-0.15, -0.1) is 17.9 Å². The molecule has 0 radical (unpaired) electrons. The molecule has 0 amide bonds. The minimum atomic E-state index is 0.519. The first-order valence-corrected chi connectivity index (χ1v) is 13.6. The van der Waals surface area contributed by atoms with E-state index in [-0.39, 0.29) is 0 Å². The summed E-state index contributed by atoms with van der Waals surface area (Å²) < 4.78 is 11.4. The smallest absolute Gasteiger partial charge is 0.237 e. The van der Waals surface area contributed by atoms with Crippen molar-refractivity contribution in [3.63, 3.8) is 0 Å². The zero-order valence-electron chi connectivity index (χ0n) is 24.7. The number of thiophene rings is 1. The quantitative estimate of drug-likeness (QED) is 0.307. The molecule has 0 aromatic carbocycles. The van der Waals surface area contributed by atoms with Crippen molar-refractivity contribution in [3.05, 3.63) is 74.0 Å². The van der Waals surface area contributed by atoms with E-state index in [1.807, 2.05) is 88.3 Å². The summed E-state index contributed by atoms with van der Waals surface area (Å²) in [6, 6.07) is 3.83. The fourth-order valence-corrected chi connectivity index (χ4v) is 2.91. The fraction of sp³-hybridized carbons (Fsp3) is 0.355. The molecule has 0 saturated carbocycles. The van der Waals surface area contributed by atoms with Crippen LogP contribution in [0.2, 0.25) is 0 Å². The topological polar surface area (TPSA) is 52.1 Å². The molecule has 0 N–H and O–H groups in total. The Balaban J connectivity index is -0.000000341. The number of hydrogen-bond acceptors (Lipinski definition) is 5. The Hall–Kier alpha value is -3.18. The maximum atomic E-state index is 5.69. The van der Waals surface area contributed by atoms with Gasteiger partial charge in [-0.25, -0.2) is 9.97 Å². The summed E-state index contributed by atoms with van der Waals surface area (Å²) >= 11 is 1.48. The second kappa shape index (κ2) is 28.1. The molecule has 0 unspecified atom stereocenters. The van der Waals surface area contributed by atoms with Crippen molar-refractivity contribution in [1.29, 1.82) is 0 Å². The van der Waals surface area contributed by atoms with Crippen LogP contribution in [-0.2, 0) is 0 Å². The molecule has 0 spiro atoms. The molecular weight excluding hydrogens is 464 g/mol. The van der Waals surface area contributed by atoms with E-state index in [9.17, 15) is 0 Å². The zero-order chi connectivity index (χ0) is 29.1. The van der Waals surface area contributed by atoms with Crippen LogP contribution in [0, 0.1) is 0 Å². The lowest BCUT2D eigenvalue weighted by Gasteiger charge is -1.88. The van der Waals surface area contributed by atoms with E-state index in [0.717, 1.165) is 9.75 Å². The standard InChI is InChI=1S/C18H14N2O2S.C3H6.5C2H6/c1-5-11-13(7-3)21-17(19-11)15-9-10-16(23-15)18-20-12(6-2)14(8-4)22-18;1-3-2;5*1-2/h5-10H,1-4H2;3H,1H2,2H3;5*1-2H3. The maximum absolute atomic E-state index is 5.69. The first-order chi connectivity index (χ1) is 17.6. The third-order valence-corrected chi connectivity index (χ3v) is 4.21. The maximum Gasteiger partial charge on any atom is 0.237 e. The van der Waals surface area contributed by atoms with Crippen LogP contribution in [0.5, 0.6) is 0 Å². The third-order valence-electron chi connectivity index (χ3n) is 3.15. The molecule has 0 fully saturated rings. The molecule has 3 rings (SSSR count). The van der Waals surface area contributed by atoms with Gasteiger partial charge in [0.1, 0.15) is 11.4 Å². The highest BCUT2D eigenvalue weighted by atomic mass is 32.1. The first kappa shape index (κ1) is 40.0. The summed E-state index contributed by atoms with van der Waals surface area (Å²) in [6.07, 6.45) is 8.25. The molecule has 4 nitrogen and oxygen atoms in total. The number of nitrogens with zero attached hydrogens (tertiary/aromatic N) is 2. The minimum absolute atomic E-state index is 0.519. The SMILES string of the molecule is C=CC.C=Cc1nc(-c2ccc(-c3nc(C=C)c(C=C)o3)s2)oc1C=C.CC.CC.CC.CC.CC. The summed E-state index contributed by atoms with van der Waals surface area (Å²) in [6.45, 7) is 40.1. The van der Waals surface area contributed by atoms with Crippen molar-refractivity contribution in [2.24, 2.45) is 0 Å². The number of rotatable bonds is 6. The highest BCUT2D eigenvalue weighted by molar-refractivity contribution is 7.18. The summed E-state index contributed by atoms with van der Waals surface area (Å²) in [5, 5.41) is 0. The van der Waals surface area contributed by atoms with Gasteiger partial charge in [0.05, 0.1) is 9.75 Å². The molecule has 3 heterocycles. The Morgan fingerprint density at radius 2 is 0.861 bits per heavy atom. The summed E-state index contributed by atoms with van der Waals surface area (Å²) in [5.41, 5.74) is 1.34. The molecule has 0 aliphatic rings. The van der Waals surface area contributed by atoms with Gasteiger partial charge < -0.3 is 8.83 Å². The van der Waals surface area contributed by atoms with Crippen molar-refractivity contribution in [1.82, 2.24) is 9.97 Å². The summed E-state index contributed by atoms with van der Waals surface area (Å²) in [5.74, 6) is 2.24. The molecule has 0 bridgehead atoms. The Morgan fingerprint density at radius 1 is 0.583 bits per heavy atom. The predicted octanol–water partition coefficient (Wildman–Crippen LogP) is 12.0. The van der Waals surface area contributed by atoms with Crippen molar-refractivity contribution in [2.75, 3.05) is 0 Å². The van der Waals surface area contributed by atoms with Crippen LogP contribution in [-0.4, -0.2) is 9.97 Å². The highest BCUT2D eigenvalue weighted by Gasteiger charge is 2.16. The second-order valence-electron chi connectivity index (χ2n) is 4.93. The third kappa shape index (κ3) is 13.1. The van der Waals surface area contributed by atoms with Gasteiger partial charge in [0, 0.05) is 0 Å². The monoisotopic (exact) mass is 514 g/mol. The van der Waals surface area contributed by atoms with Crippen LogP contribution < -0.4 is 0 Å². The van der Waals surface area contributed by atoms with Crippen molar-refractivity contribution >= 4 is 35.6 Å². The molecule has 202 valence electrons. The Bertz CT molecular complexity index is 836. The van der Waals surface area contributed by atoms with Crippen LogP contribution >= 0.6 is 11.3 Å². The van der Waals surface area contributed by atoms with Gasteiger partial charge in [0.2, 0.25) is 11.8 Å². The average molecular weight is 515 g/mol. The molecular formula is C31H50N2O2S. The second-order valence-corrected chi connectivity index (χ2v) is 6.01. The van der Waals surface area contributed by atoms with Crippen LogP contribution in [0.1, 0.15) is 99.1 Å². The van der Waals surface area contributed by atoms with E-state index >= 15 is 0 Å². The van der Waals surface area contributed by atoms with E-state index in [1.165, 1.54) is 11.3 Å². The minimum Gasteiger partial charge on any atom is -0.435 e. The van der Waals surface area contributed by atoms with Gasteiger partial charge in [-0.1, -0.05) is 102 Å². The van der Waals surface area contributed by atoms with Crippen molar-refractivity contribution in [3.8, 4) is 21.5 Å². The summed E-state index contributed by atoms with van der Waals surface area (Å²) in [7, 11) is 0. The zero-order valence-corrected chi connectivity index (χ0v) is 25.5. The van der Waals surface area contributed by atoms with Crippen LogP contribution in [0.15, 0.2) is 59.9 Å². The van der Waals surface area contributed by atoms with Gasteiger partial charge in [-0.05, 0) is 43.4 Å². The van der Waals surface area contributed by atoms with E-state index in [4.69, 9.17) is 8.83 Å². The van der Waals surface area contributed by atoms with Crippen molar-refractivity contribution in [2.45, 2.75) is 76.2 Å². The predicted molar refractivity (Wildman–Crippen MR) is 168 cm³/mol. The Labute approximate surface area is 225 Å². The largest absolute Gasteiger partial charge is 0.435 e. The van der Waals surface area contributed by atoms with Gasteiger partial charge in [-0.3, -0.25) is 0 Å². The lowest BCUT2D eigenvalue weighted by atomic mass is 10.3. The van der Waals surface area contributed by atoms with E-state index < -0.39 is 0 Å². The Kier molecular flexibility index (Phi) is 31.2. The van der Waals surface area contributed by atoms with E-state index in [2.05, 4.69) is 42.9 Å². The fourth-order valence-electron chi connectivity index (χ4n) is 2.05. The van der Waals surface area contributed by atoms with E-state index in [0.29, 0.717) is 34.7 Å². The highest BCUT2D eigenvalue weighted by Crippen LogP contribution is 2.35. The molecule has 0 aliphatic heterocycles. The molecule has 36 heavy (non-hydrogen) atoms. The van der Waals surface area contributed by atoms with Gasteiger partial charge >= 0.3 is 0 Å². The molecule has 3 aromatic rings. The lowest BCUT2D eigenvalue weighted by molar-refractivity contribution is 0.566. The van der Waals surface area contributed by atoms with Gasteiger partial charge in [0.15, 0.2) is 11.5 Å². The number of hydrogen-bond donors (Lipinski definition) is 0. The van der Waals surface area contributed by atoms with Gasteiger partial charge in [-0.2, -0.15) is 0 Å².